The van der Waals surface area contributed by atoms with Gasteiger partial charge in [0.25, 0.3) is 23.6 Å². The molecule has 2 aromatic rings. The Morgan fingerprint density at radius 3 is 1.61 bits per heavy atom. The quantitative estimate of drug-likeness (QED) is 0.501. The van der Waals surface area contributed by atoms with Crippen LogP contribution in [0.3, 0.4) is 0 Å². The Bertz CT molecular complexity index is 1050. The van der Waals surface area contributed by atoms with E-state index in [1.807, 2.05) is 6.92 Å². The molecule has 1 unspecified atom stereocenters. The number of imide groups is 2. The number of hydrogen-bond acceptors (Lipinski definition) is 5. The smallest absolute Gasteiger partial charge is 0.272 e. The minimum atomic E-state index is -0.460. The van der Waals surface area contributed by atoms with Crippen molar-refractivity contribution in [1.29, 1.82) is 0 Å². The van der Waals surface area contributed by atoms with Gasteiger partial charge in [-0.1, -0.05) is 32.6 Å². The number of benzene rings is 2. The first-order chi connectivity index (χ1) is 14.8. The van der Waals surface area contributed by atoms with Gasteiger partial charge in [0, 0.05) is 42.0 Å². The van der Waals surface area contributed by atoms with Crippen LogP contribution < -0.4 is 0 Å². The van der Waals surface area contributed by atoms with Crippen LogP contribution in [0.15, 0.2) is 24.3 Å². The predicted molar refractivity (Wildman–Crippen MR) is 117 cm³/mol. The van der Waals surface area contributed by atoms with E-state index in [1.165, 1.54) is 9.91 Å². The maximum Gasteiger partial charge on any atom is 0.276 e. The van der Waals surface area contributed by atoms with E-state index < -0.39 is 11.8 Å². The molecule has 2 aromatic carbocycles. The minimum absolute atomic E-state index is 0.222. The van der Waals surface area contributed by atoms with Gasteiger partial charge in [0.1, 0.15) is 0 Å². The maximum atomic E-state index is 13.3. The van der Waals surface area contributed by atoms with Crippen molar-refractivity contribution in [2.45, 2.75) is 52.0 Å². The number of hydrazine groups is 1. The number of rotatable bonds is 7. The maximum absolute atomic E-state index is 13.3. The van der Waals surface area contributed by atoms with E-state index in [1.54, 1.807) is 38.4 Å². The molecule has 2 aliphatic heterocycles. The fraction of sp³-hybridized carbons (Fsp3) is 0.417. The molecule has 0 N–H and O–H groups in total. The molecule has 2 aliphatic rings. The molecule has 31 heavy (non-hydrogen) atoms. The molecule has 4 rings (SSSR count). The lowest BCUT2D eigenvalue weighted by molar-refractivity contribution is 0.0182. The summed E-state index contributed by atoms with van der Waals surface area (Å²) < 4.78 is 0. The Morgan fingerprint density at radius 1 is 0.742 bits per heavy atom. The van der Waals surface area contributed by atoms with Crippen LogP contribution in [0.4, 0.5) is 0 Å². The van der Waals surface area contributed by atoms with E-state index in [-0.39, 0.29) is 17.9 Å². The Labute approximate surface area is 181 Å². The summed E-state index contributed by atoms with van der Waals surface area (Å²) >= 11 is 0. The van der Waals surface area contributed by atoms with Crippen LogP contribution in [-0.4, -0.2) is 58.7 Å². The van der Waals surface area contributed by atoms with Crippen molar-refractivity contribution in [3.8, 4) is 0 Å². The molecular formula is C24H27N3O4. The van der Waals surface area contributed by atoms with Gasteiger partial charge < -0.3 is 0 Å². The van der Waals surface area contributed by atoms with Crippen LogP contribution in [0.2, 0.25) is 0 Å². The van der Waals surface area contributed by atoms with Gasteiger partial charge in [-0.05, 0) is 37.6 Å². The summed E-state index contributed by atoms with van der Waals surface area (Å²) in [6.07, 6.45) is 5.03. The largest absolute Gasteiger partial charge is 0.276 e. The third-order valence-corrected chi connectivity index (χ3v) is 6.22. The summed E-state index contributed by atoms with van der Waals surface area (Å²) in [5, 5.41) is 3.32. The van der Waals surface area contributed by atoms with Crippen LogP contribution in [0, 0.1) is 0 Å². The molecule has 0 fully saturated rings. The van der Waals surface area contributed by atoms with Crippen LogP contribution >= 0.6 is 0 Å². The lowest BCUT2D eigenvalue weighted by Crippen LogP contribution is -2.49. The number of nitrogens with zero attached hydrogens (tertiary/aromatic N) is 3. The number of amides is 4. The molecule has 7 nitrogen and oxygen atoms in total. The summed E-state index contributed by atoms with van der Waals surface area (Å²) in [5.74, 6) is -1.64. The van der Waals surface area contributed by atoms with Gasteiger partial charge in [-0.3, -0.25) is 24.1 Å². The highest BCUT2D eigenvalue weighted by molar-refractivity contribution is 6.33. The second-order valence-electron chi connectivity index (χ2n) is 8.52. The van der Waals surface area contributed by atoms with Crippen molar-refractivity contribution >= 4 is 34.4 Å². The molecular weight excluding hydrogens is 394 g/mol. The molecule has 2 heterocycles. The van der Waals surface area contributed by atoms with Crippen molar-refractivity contribution in [3.63, 3.8) is 0 Å². The second-order valence-corrected chi connectivity index (χ2v) is 8.52. The van der Waals surface area contributed by atoms with Crippen molar-refractivity contribution < 1.29 is 19.2 Å². The normalized spacial score (nSPS) is 16.7. The molecule has 1 atom stereocenters. The third-order valence-electron chi connectivity index (χ3n) is 6.22. The molecule has 0 aliphatic carbocycles. The van der Waals surface area contributed by atoms with Gasteiger partial charge in [0.2, 0.25) is 0 Å². The Hall–Kier alpha value is -3.06. The van der Waals surface area contributed by atoms with E-state index in [0.29, 0.717) is 33.0 Å². The second kappa shape index (κ2) is 7.89. The highest BCUT2D eigenvalue weighted by Gasteiger charge is 2.41. The SMILES string of the molecule is CCCCCCC(C)N1C(=O)c2ccc3c4c(ccc(c24)C1=O)C(=O)N(N(C)C)C3=O. The molecule has 0 spiro atoms. The van der Waals surface area contributed by atoms with Crippen LogP contribution in [-0.2, 0) is 0 Å². The average Bonchev–Trinajstić information content (AvgIpc) is 2.73. The van der Waals surface area contributed by atoms with Gasteiger partial charge in [0.15, 0.2) is 0 Å². The molecule has 0 bridgehead atoms. The highest BCUT2D eigenvalue weighted by atomic mass is 16.2. The summed E-state index contributed by atoms with van der Waals surface area (Å²) in [6, 6.07) is 6.18. The van der Waals surface area contributed by atoms with E-state index in [9.17, 15) is 19.2 Å². The molecule has 0 aromatic heterocycles. The summed E-state index contributed by atoms with van der Waals surface area (Å²) in [5.41, 5.74) is 1.39. The van der Waals surface area contributed by atoms with Crippen molar-refractivity contribution in [2.24, 2.45) is 0 Å². The van der Waals surface area contributed by atoms with Crippen molar-refractivity contribution in [1.82, 2.24) is 14.9 Å². The lowest BCUT2D eigenvalue weighted by atomic mass is 9.85. The molecule has 162 valence electrons. The Kier molecular flexibility index (Phi) is 5.39. The zero-order valence-electron chi connectivity index (χ0n) is 18.4. The fourth-order valence-corrected chi connectivity index (χ4v) is 4.64. The highest BCUT2D eigenvalue weighted by Crippen LogP contribution is 2.38. The van der Waals surface area contributed by atoms with Gasteiger partial charge in [-0.25, -0.2) is 10.0 Å². The zero-order valence-corrected chi connectivity index (χ0v) is 18.4. The molecule has 0 saturated heterocycles. The summed E-state index contributed by atoms with van der Waals surface area (Å²) in [6.45, 7) is 4.04. The van der Waals surface area contributed by atoms with Gasteiger partial charge in [-0.15, -0.1) is 0 Å². The van der Waals surface area contributed by atoms with E-state index >= 15 is 0 Å². The van der Waals surface area contributed by atoms with E-state index in [0.717, 1.165) is 37.1 Å². The van der Waals surface area contributed by atoms with Crippen molar-refractivity contribution in [3.05, 3.63) is 46.5 Å². The first-order valence-electron chi connectivity index (χ1n) is 10.8. The Morgan fingerprint density at radius 2 is 1.19 bits per heavy atom. The first-order valence-corrected chi connectivity index (χ1v) is 10.8. The predicted octanol–water partition coefficient (Wildman–Crippen LogP) is 3.87. The van der Waals surface area contributed by atoms with E-state index in [4.69, 9.17) is 0 Å². The van der Waals surface area contributed by atoms with Gasteiger partial charge in [0.05, 0.1) is 11.1 Å². The van der Waals surface area contributed by atoms with Crippen LogP contribution in [0.1, 0.15) is 87.4 Å². The summed E-state index contributed by atoms with van der Waals surface area (Å²) in [7, 11) is 3.24. The van der Waals surface area contributed by atoms with Crippen molar-refractivity contribution in [2.75, 3.05) is 14.1 Å². The third kappa shape index (κ3) is 3.15. The molecule has 0 radical (unpaired) electrons. The lowest BCUT2D eigenvalue weighted by Gasteiger charge is -2.35. The standard InChI is InChI=1S/C24H27N3O4/c1-5-6-7-8-9-14(2)26-21(28)15-10-12-17-20-18(13-11-16(19(15)20)22(26)29)24(31)27(23(17)30)25(3)4/h10-14H,5-9H2,1-4H3. The van der Waals surface area contributed by atoms with Crippen LogP contribution in [0.25, 0.3) is 10.8 Å². The first kappa shape index (κ1) is 21.2. The Balaban J connectivity index is 1.80. The minimum Gasteiger partial charge on any atom is -0.272 e. The monoisotopic (exact) mass is 421 g/mol. The number of unbranched alkanes of at least 4 members (excludes halogenated alkanes) is 3. The molecule has 0 saturated carbocycles. The number of hydrogen-bond donors (Lipinski definition) is 0. The summed E-state index contributed by atoms with van der Waals surface area (Å²) in [4.78, 5) is 53.9. The van der Waals surface area contributed by atoms with E-state index in [2.05, 4.69) is 6.92 Å². The number of carbonyl (C=O) groups is 4. The zero-order chi connectivity index (χ0) is 22.4. The molecule has 7 heteroatoms. The topological polar surface area (TPSA) is 78.0 Å². The van der Waals surface area contributed by atoms with Gasteiger partial charge in [-0.2, -0.15) is 0 Å². The fourth-order valence-electron chi connectivity index (χ4n) is 4.64. The molecule has 4 amide bonds. The average molecular weight is 421 g/mol. The van der Waals surface area contributed by atoms with Crippen LogP contribution in [0.5, 0.6) is 0 Å². The number of carbonyl (C=O) groups excluding carboxylic acids is 4. The van der Waals surface area contributed by atoms with Gasteiger partial charge >= 0.3 is 0 Å².